The van der Waals surface area contributed by atoms with Crippen molar-refractivity contribution in [3.8, 4) is 0 Å². The van der Waals surface area contributed by atoms with Gasteiger partial charge < -0.3 is 9.15 Å². The molecule has 9 heteroatoms. The maximum atomic E-state index is 12.0. The van der Waals surface area contributed by atoms with Gasteiger partial charge in [0, 0.05) is 12.7 Å². The van der Waals surface area contributed by atoms with E-state index in [1.54, 1.807) is 11.6 Å². The Morgan fingerprint density at radius 1 is 1.32 bits per heavy atom. The summed E-state index contributed by atoms with van der Waals surface area (Å²) in [7, 11) is -4.13. The van der Waals surface area contributed by atoms with E-state index in [1.807, 2.05) is 0 Å². The van der Waals surface area contributed by atoms with E-state index < -0.39 is 27.8 Å². The molecule has 8 nitrogen and oxygen atoms in total. The number of carbonyl (C=O) groups excluding carboxylic acids is 1. The van der Waals surface area contributed by atoms with Gasteiger partial charge in [-0.25, -0.2) is 4.72 Å². The van der Waals surface area contributed by atoms with Gasteiger partial charge in [0.2, 0.25) is 0 Å². The molecule has 1 atom stereocenters. The van der Waals surface area contributed by atoms with Gasteiger partial charge >= 0.3 is 10.2 Å². The van der Waals surface area contributed by atoms with Crippen molar-refractivity contribution in [3.05, 3.63) is 33.4 Å². The van der Waals surface area contributed by atoms with E-state index in [4.69, 9.17) is 9.15 Å². The van der Waals surface area contributed by atoms with Crippen LogP contribution in [0, 0.1) is 13.8 Å². The molecule has 1 amide bonds. The van der Waals surface area contributed by atoms with Gasteiger partial charge in [-0.15, -0.1) is 0 Å². The summed E-state index contributed by atoms with van der Waals surface area (Å²) in [5.74, 6) is -0.628. The van der Waals surface area contributed by atoms with Crippen molar-refractivity contribution >= 4 is 16.1 Å². The third kappa shape index (κ3) is 4.15. The molecule has 2 rings (SSSR count). The number of carbonyl (C=O) groups is 1. The molecule has 2 N–H and O–H groups in total. The van der Waals surface area contributed by atoms with Crippen molar-refractivity contribution < 1.29 is 22.4 Å². The summed E-state index contributed by atoms with van der Waals surface area (Å²) >= 11 is 0. The van der Waals surface area contributed by atoms with Gasteiger partial charge in [-0.3, -0.25) is 9.59 Å². The normalized spacial score (nSPS) is 18.9. The Morgan fingerprint density at radius 2 is 2.05 bits per heavy atom. The largest absolute Gasteiger partial charge is 0.466 e. The van der Waals surface area contributed by atoms with Crippen LogP contribution in [0.3, 0.4) is 0 Å². The number of hydrogen-bond donors (Lipinski definition) is 2. The number of aryl methyl sites for hydroxylation is 2. The zero-order valence-corrected chi connectivity index (χ0v) is 13.2. The standard InChI is InChI=1S/C13H18N2O6S/c1-8-7-10(16)12(9(2)21-8)13(17)15-22(18,19)14-11-5-3-4-6-20-11/h7,11,14H,3-6H2,1-2H3,(H,15,17). The fourth-order valence-corrected chi connectivity index (χ4v) is 3.17. The first-order valence-corrected chi connectivity index (χ1v) is 8.34. The predicted molar refractivity (Wildman–Crippen MR) is 77.6 cm³/mol. The fourth-order valence-electron chi connectivity index (χ4n) is 2.23. The molecule has 1 aromatic heterocycles. The van der Waals surface area contributed by atoms with Gasteiger partial charge in [0.15, 0.2) is 5.43 Å². The lowest BCUT2D eigenvalue weighted by Crippen LogP contribution is -2.47. The quantitative estimate of drug-likeness (QED) is 0.823. The number of amides is 1. The molecule has 0 spiro atoms. The molecular weight excluding hydrogens is 312 g/mol. The Labute approximate surface area is 128 Å². The highest BCUT2D eigenvalue weighted by Gasteiger charge is 2.25. The third-order valence-corrected chi connectivity index (χ3v) is 4.19. The summed E-state index contributed by atoms with van der Waals surface area (Å²) < 4.78 is 38.3. The summed E-state index contributed by atoms with van der Waals surface area (Å²) in [6.07, 6.45) is 1.56. The molecule has 0 bridgehead atoms. The van der Waals surface area contributed by atoms with E-state index in [0.717, 1.165) is 18.9 Å². The van der Waals surface area contributed by atoms with Crippen LogP contribution in [0.1, 0.15) is 41.1 Å². The lowest BCUT2D eigenvalue weighted by atomic mass is 10.2. The van der Waals surface area contributed by atoms with Crippen LogP contribution >= 0.6 is 0 Å². The zero-order valence-electron chi connectivity index (χ0n) is 12.3. The lowest BCUT2D eigenvalue weighted by Gasteiger charge is -2.23. The summed E-state index contributed by atoms with van der Waals surface area (Å²) in [6.45, 7) is 3.45. The highest BCUT2D eigenvalue weighted by Crippen LogP contribution is 2.11. The zero-order chi connectivity index (χ0) is 16.3. The van der Waals surface area contributed by atoms with Crippen molar-refractivity contribution in [1.82, 2.24) is 9.44 Å². The molecule has 1 saturated heterocycles. The van der Waals surface area contributed by atoms with Gasteiger partial charge in [-0.2, -0.15) is 13.1 Å². The van der Waals surface area contributed by atoms with Crippen LogP contribution < -0.4 is 14.9 Å². The SMILES string of the molecule is Cc1cc(=O)c(C(=O)NS(=O)(=O)NC2CCCCO2)c(C)o1. The first kappa shape index (κ1) is 16.7. The van der Waals surface area contributed by atoms with Gasteiger partial charge in [-0.05, 0) is 33.1 Å². The molecule has 0 aromatic carbocycles. The Bertz CT molecular complexity index is 719. The second kappa shape index (κ2) is 6.59. The Morgan fingerprint density at radius 3 is 2.64 bits per heavy atom. The number of nitrogens with one attached hydrogen (secondary N) is 2. The average molecular weight is 330 g/mol. The van der Waals surface area contributed by atoms with Crippen LogP contribution in [-0.2, 0) is 14.9 Å². The molecule has 2 heterocycles. The van der Waals surface area contributed by atoms with Gasteiger partial charge in [0.05, 0.1) is 0 Å². The lowest BCUT2D eigenvalue weighted by molar-refractivity contribution is 0.00938. The van der Waals surface area contributed by atoms with E-state index >= 15 is 0 Å². The molecule has 0 aliphatic carbocycles. The highest BCUT2D eigenvalue weighted by molar-refractivity contribution is 7.88. The maximum absolute atomic E-state index is 12.0. The van der Waals surface area contributed by atoms with Crippen molar-refractivity contribution in [2.45, 2.75) is 39.3 Å². The van der Waals surface area contributed by atoms with E-state index in [0.29, 0.717) is 18.8 Å². The van der Waals surface area contributed by atoms with Crippen LogP contribution in [0.15, 0.2) is 15.3 Å². The molecule has 1 aliphatic heterocycles. The number of hydrogen-bond acceptors (Lipinski definition) is 6. The summed E-state index contributed by atoms with van der Waals surface area (Å²) in [5.41, 5.74) is -0.927. The fraction of sp³-hybridized carbons (Fsp3) is 0.538. The topological polar surface area (TPSA) is 115 Å². The molecule has 1 fully saturated rings. The Balaban J connectivity index is 2.12. The third-order valence-electron chi connectivity index (χ3n) is 3.17. The molecular formula is C13H18N2O6S. The Hall–Kier alpha value is -1.71. The first-order chi connectivity index (χ1) is 10.3. The minimum absolute atomic E-state index is 0.0617. The number of rotatable bonds is 4. The molecule has 1 aliphatic rings. The summed E-state index contributed by atoms with van der Waals surface area (Å²) in [5, 5.41) is 0. The van der Waals surface area contributed by atoms with Crippen molar-refractivity contribution in [1.29, 1.82) is 0 Å². The van der Waals surface area contributed by atoms with Crippen LogP contribution in [0.5, 0.6) is 0 Å². The maximum Gasteiger partial charge on any atom is 0.303 e. The molecule has 0 saturated carbocycles. The van der Waals surface area contributed by atoms with E-state index in [9.17, 15) is 18.0 Å². The second-order valence-electron chi connectivity index (χ2n) is 5.06. The molecule has 1 unspecified atom stereocenters. The molecule has 22 heavy (non-hydrogen) atoms. The van der Waals surface area contributed by atoms with E-state index in [2.05, 4.69) is 4.72 Å². The van der Waals surface area contributed by atoms with Crippen LogP contribution in [0.4, 0.5) is 0 Å². The summed E-state index contributed by atoms with van der Waals surface area (Å²) in [4.78, 5) is 23.8. The summed E-state index contributed by atoms with van der Waals surface area (Å²) in [6, 6.07) is 1.13. The minimum atomic E-state index is -4.13. The van der Waals surface area contributed by atoms with Crippen molar-refractivity contribution in [2.24, 2.45) is 0 Å². The van der Waals surface area contributed by atoms with Crippen molar-refractivity contribution in [2.75, 3.05) is 6.61 Å². The number of ether oxygens (including phenoxy) is 1. The Kier molecular flexibility index (Phi) is 4.99. The van der Waals surface area contributed by atoms with Gasteiger partial charge in [-0.1, -0.05) is 0 Å². The van der Waals surface area contributed by atoms with Crippen LogP contribution in [0.25, 0.3) is 0 Å². The van der Waals surface area contributed by atoms with Crippen molar-refractivity contribution in [3.63, 3.8) is 0 Å². The monoisotopic (exact) mass is 330 g/mol. The van der Waals surface area contributed by atoms with Crippen LogP contribution in [-0.4, -0.2) is 27.2 Å². The molecule has 0 radical (unpaired) electrons. The average Bonchev–Trinajstić information content (AvgIpc) is 2.36. The minimum Gasteiger partial charge on any atom is -0.466 e. The van der Waals surface area contributed by atoms with Gasteiger partial charge in [0.1, 0.15) is 23.3 Å². The van der Waals surface area contributed by atoms with Crippen LogP contribution in [0.2, 0.25) is 0 Å². The smallest absolute Gasteiger partial charge is 0.303 e. The van der Waals surface area contributed by atoms with E-state index in [-0.39, 0.29) is 11.3 Å². The highest BCUT2D eigenvalue weighted by atomic mass is 32.2. The first-order valence-electron chi connectivity index (χ1n) is 6.86. The molecule has 1 aromatic rings. The van der Waals surface area contributed by atoms with E-state index in [1.165, 1.54) is 6.92 Å². The molecule has 122 valence electrons. The van der Waals surface area contributed by atoms with Gasteiger partial charge in [0.25, 0.3) is 5.91 Å². The predicted octanol–water partition coefficient (Wildman–Crippen LogP) is 0.347. The second-order valence-corrected chi connectivity index (χ2v) is 6.51.